The monoisotopic (exact) mass is 191 g/mol. The molecule has 0 aromatic heterocycles. The van der Waals surface area contributed by atoms with Gasteiger partial charge in [0.15, 0.2) is 0 Å². The van der Waals surface area contributed by atoms with E-state index in [0.29, 0.717) is 6.54 Å². The van der Waals surface area contributed by atoms with Crippen molar-refractivity contribution >= 4 is 18.3 Å². The first kappa shape index (κ1) is 14.0. The SMILES string of the molecule is CCN=C=C(CCN)N(C)C.Cl. The number of hydrogen-bond acceptors (Lipinski definition) is 3. The van der Waals surface area contributed by atoms with Gasteiger partial charge >= 0.3 is 0 Å². The Bertz CT molecular complexity index is 160. The summed E-state index contributed by atoms with van der Waals surface area (Å²) in [6.07, 6.45) is 0.844. The molecule has 0 amide bonds. The van der Waals surface area contributed by atoms with Crippen molar-refractivity contribution in [2.24, 2.45) is 10.7 Å². The third-order valence-electron chi connectivity index (χ3n) is 1.29. The summed E-state index contributed by atoms with van der Waals surface area (Å²) in [5, 5.41) is 0. The Hall–Kier alpha value is -0.500. The molecule has 0 fully saturated rings. The van der Waals surface area contributed by atoms with Gasteiger partial charge in [0, 0.05) is 32.9 Å². The first-order valence-electron chi connectivity index (χ1n) is 3.88. The largest absolute Gasteiger partial charge is 0.373 e. The Labute approximate surface area is 80.8 Å². The van der Waals surface area contributed by atoms with Gasteiger partial charge in [-0.1, -0.05) is 0 Å². The highest BCUT2D eigenvalue weighted by Crippen LogP contribution is 1.96. The molecule has 0 atom stereocenters. The molecule has 0 spiro atoms. The number of rotatable bonds is 4. The van der Waals surface area contributed by atoms with E-state index in [-0.39, 0.29) is 12.4 Å². The van der Waals surface area contributed by atoms with Crippen molar-refractivity contribution in [3.05, 3.63) is 5.70 Å². The summed E-state index contributed by atoms with van der Waals surface area (Å²) in [5.41, 5.74) is 6.47. The van der Waals surface area contributed by atoms with Gasteiger partial charge in [-0.25, -0.2) is 4.99 Å². The Kier molecular flexibility index (Phi) is 10.1. The fraction of sp³-hybridized carbons (Fsp3) is 0.750. The zero-order chi connectivity index (χ0) is 8.69. The maximum Gasteiger partial charge on any atom is 0.0764 e. The fourth-order valence-corrected chi connectivity index (χ4v) is 0.687. The van der Waals surface area contributed by atoms with Gasteiger partial charge in [0.05, 0.1) is 5.70 Å². The van der Waals surface area contributed by atoms with Crippen LogP contribution >= 0.6 is 12.4 Å². The van der Waals surface area contributed by atoms with Crippen LogP contribution in [0.1, 0.15) is 13.3 Å². The third-order valence-corrected chi connectivity index (χ3v) is 1.29. The predicted molar refractivity (Wildman–Crippen MR) is 56.1 cm³/mol. The van der Waals surface area contributed by atoms with E-state index < -0.39 is 0 Å². The maximum atomic E-state index is 5.41. The van der Waals surface area contributed by atoms with Crippen LogP contribution in [0.15, 0.2) is 10.7 Å². The van der Waals surface area contributed by atoms with E-state index in [1.165, 1.54) is 0 Å². The van der Waals surface area contributed by atoms with Gasteiger partial charge in [0.1, 0.15) is 0 Å². The van der Waals surface area contributed by atoms with Crippen LogP contribution in [0.2, 0.25) is 0 Å². The second-order valence-electron chi connectivity index (χ2n) is 2.47. The minimum atomic E-state index is 0. The summed E-state index contributed by atoms with van der Waals surface area (Å²) < 4.78 is 0. The Morgan fingerprint density at radius 1 is 1.50 bits per heavy atom. The molecule has 0 aromatic rings. The molecule has 0 aliphatic rings. The Balaban J connectivity index is 0. The molecule has 0 saturated carbocycles. The lowest BCUT2D eigenvalue weighted by Crippen LogP contribution is -2.15. The first-order chi connectivity index (χ1) is 5.22. The topological polar surface area (TPSA) is 41.6 Å². The van der Waals surface area contributed by atoms with E-state index in [4.69, 9.17) is 5.73 Å². The lowest BCUT2D eigenvalue weighted by Gasteiger charge is -2.12. The summed E-state index contributed by atoms with van der Waals surface area (Å²) in [6.45, 7) is 3.42. The standard InChI is InChI=1S/C8H17N3.ClH/c1-4-10-7-8(5-6-9)11(2)3;/h4-6,9H2,1-3H3;1H. The molecule has 2 N–H and O–H groups in total. The Morgan fingerprint density at radius 3 is 2.42 bits per heavy atom. The summed E-state index contributed by atoms with van der Waals surface area (Å²) in [4.78, 5) is 6.02. The van der Waals surface area contributed by atoms with Crippen LogP contribution in [0.4, 0.5) is 0 Å². The molecule has 0 rings (SSSR count). The highest BCUT2D eigenvalue weighted by atomic mass is 35.5. The minimum absolute atomic E-state index is 0. The van der Waals surface area contributed by atoms with Gasteiger partial charge < -0.3 is 10.6 Å². The molecule has 4 heteroatoms. The molecule has 0 bridgehead atoms. The highest BCUT2D eigenvalue weighted by Gasteiger charge is 1.95. The molecule has 0 radical (unpaired) electrons. The zero-order valence-corrected chi connectivity index (χ0v) is 8.82. The zero-order valence-electron chi connectivity index (χ0n) is 8.00. The summed E-state index contributed by atoms with van der Waals surface area (Å²) in [5.74, 6) is 2.96. The predicted octanol–water partition coefficient (Wildman–Crippen LogP) is 0.892. The van der Waals surface area contributed by atoms with Gasteiger partial charge in [-0.05, 0) is 13.5 Å². The van der Waals surface area contributed by atoms with Gasteiger partial charge in [-0.2, -0.15) is 0 Å². The number of hydrogen-bond donors (Lipinski definition) is 1. The molecule has 3 nitrogen and oxygen atoms in total. The summed E-state index contributed by atoms with van der Waals surface area (Å²) >= 11 is 0. The van der Waals surface area contributed by atoms with Crippen LogP contribution in [0, 0.1) is 0 Å². The molecule has 0 heterocycles. The molecule has 0 unspecified atom stereocenters. The molecule has 0 aliphatic heterocycles. The van der Waals surface area contributed by atoms with Gasteiger partial charge in [-0.15, -0.1) is 12.4 Å². The lowest BCUT2D eigenvalue weighted by molar-refractivity contribution is 0.497. The smallest absolute Gasteiger partial charge is 0.0764 e. The van der Waals surface area contributed by atoms with Gasteiger partial charge in [0.2, 0.25) is 0 Å². The number of nitrogens with zero attached hydrogens (tertiary/aromatic N) is 2. The normalized spacial score (nSPS) is 8.00. The molecule has 0 aliphatic carbocycles. The molecule has 0 aromatic carbocycles. The van der Waals surface area contributed by atoms with E-state index >= 15 is 0 Å². The average molecular weight is 192 g/mol. The van der Waals surface area contributed by atoms with Crippen LogP contribution < -0.4 is 5.73 Å². The third kappa shape index (κ3) is 6.23. The van der Waals surface area contributed by atoms with Crippen LogP contribution in [0.3, 0.4) is 0 Å². The summed E-state index contributed by atoms with van der Waals surface area (Å²) in [7, 11) is 3.95. The van der Waals surface area contributed by atoms with E-state index in [1.54, 1.807) is 0 Å². The van der Waals surface area contributed by atoms with Crippen LogP contribution in [0.25, 0.3) is 0 Å². The lowest BCUT2D eigenvalue weighted by atomic mass is 10.3. The van der Waals surface area contributed by atoms with Gasteiger partial charge in [-0.3, -0.25) is 0 Å². The molecule has 72 valence electrons. The maximum absolute atomic E-state index is 5.41. The molecular formula is C8H18ClN3. The first-order valence-corrected chi connectivity index (χ1v) is 3.88. The van der Waals surface area contributed by atoms with Crippen molar-refractivity contribution in [1.82, 2.24) is 4.90 Å². The average Bonchev–Trinajstić information content (AvgIpc) is 1.97. The Morgan fingerprint density at radius 2 is 2.08 bits per heavy atom. The second kappa shape index (κ2) is 8.60. The van der Waals surface area contributed by atoms with Crippen molar-refractivity contribution in [2.45, 2.75) is 13.3 Å². The van der Waals surface area contributed by atoms with Crippen LogP contribution in [-0.4, -0.2) is 38.0 Å². The second-order valence-corrected chi connectivity index (χ2v) is 2.47. The minimum Gasteiger partial charge on any atom is -0.373 e. The van der Waals surface area contributed by atoms with E-state index in [2.05, 4.69) is 10.9 Å². The van der Waals surface area contributed by atoms with Crippen molar-refractivity contribution in [1.29, 1.82) is 0 Å². The van der Waals surface area contributed by atoms with Crippen LogP contribution in [0.5, 0.6) is 0 Å². The van der Waals surface area contributed by atoms with E-state index in [1.807, 2.05) is 25.9 Å². The van der Waals surface area contributed by atoms with Crippen molar-refractivity contribution in [3.8, 4) is 0 Å². The summed E-state index contributed by atoms with van der Waals surface area (Å²) in [6, 6.07) is 0. The van der Waals surface area contributed by atoms with Crippen LogP contribution in [-0.2, 0) is 0 Å². The van der Waals surface area contributed by atoms with Crippen molar-refractivity contribution < 1.29 is 0 Å². The molecular weight excluding hydrogens is 174 g/mol. The number of aliphatic imine (C=N–C) groups is 1. The number of nitrogens with two attached hydrogens (primary N) is 1. The fourth-order valence-electron chi connectivity index (χ4n) is 0.687. The number of halogens is 1. The highest BCUT2D eigenvalue weighted by molar-refractivity contribution is 5.85. The quantitative estimate of drug-likeness (QED) is 0.671. The van der Waals surface area contributed by atoms with E-state index in [0.717, 1.165) is 18.7 Å². The van der Waals surface area contributed by atoms with Crippen molar-refractivity contribution in [3.63, 3.8) is 0 Å². The van der Waals surface area contributed by atoms with E-state index in [9.17, 15) is 0 Å². The van der Waals surface area contributed by atoms with Gasteiger partial charge in [0.25, 0.3) is 0 Å². The van der Waals surface area contributed by atoms with Crippen molar-refractivity contribution in [2.75, 3.05) is 27.2 Å². The molecule has 12 heavy (non-hydrogen) atoms. The molecule has 0 saturated heterocycles.